The molecule has 0 saturated carbocycles. The number of nitrogens with zero attached hydrogens (tertiary/aromatic N) is 2. The average molecular weight is 334 g/mol. The van der Waals surface area contributed by atoms with Crippen molar-refractivity contribution in [1.82, 2.24) is 9.78 Å². The Morgan fingerprint density at radius 2 is 2.13 bits per heavy atom. The fraction of sp³-hybridized carbons (Fsp3) is 0.471. The third-order valence-corrected chi connectivity index (χ3v) is 5.40. The third kappa shape index (κ3) is 2.87. The standard InChI is InChI=1S/C17H22N2O3S/c1-5-14-16(18-19-9-8-12(3)22-17(14)19)15-7-6-13(10-11(15)2)23(4,20)21/h6-7,10,12H,5,8-9H2,1-4H3/t12-/m1/s1. The summed E-state index contributed by atoms with van der Waals surface area (Å²) in [7, 11) is -3.20. The van der Waals surface area contributed by atoms with Gasteiger partial charge in [-0.25, -0.2) is 13.1 Å². The lowest BCUT2D eigenvalue weighted by Crippen LogP contribution is -2.23. The molecular formula is C17H22N2O3S. The van der Waals surface area contributed by atoms with Gasteiger partial charge >= 0.3 is 0 Å². The van der Waals surface area contributed by atoms with Crippen molar-refractivity contribution in [3.05, 3.63) is 29.3 Å². The van der Waals surface area contributed by atoms with Crippen molar-refractivity contribution >= 4 is 9.84 Å². The minimum absolute atomic E-state index is 0.200. The Labute approximate surface area is 137 Å². The van der Waals surface area contributed by atoms with Crippen LogP contribution in [-0.4, -0.2) is 30.6 Å². The molecule has 0 unspecified atom stereocenters. The van der Waals surface area contributed by atoms with Gasteiger partial charge in [-0.3, -0.25) is 0 Å². The van der Waals surface area contributed by atoms with Gasteiger partial charge in [0.1, 0.15) is 0 Å². The summed E-state index contributed by atoms with van der Waals surface area (Å²) >= 11 is 0. The summed E-state index contributed by atoms with van der Waals surface area (Å²) in [5, 5.41) is 4.72. The van der Waals surface area contributed by atoms with Crippen LogP contribution in [0, 0.1) is 6.92 Å². The van der Waals surface area contributed by atoms with E-state index in [1.165, 1.54) is 6.26 Å². The molecule has 2 aromatic rings. The summed E-state index contributed by atoms with van der Waals surface area (Å²) in [6, 6.07) is 5.22. The van der Waals surface area contributed by atoms with Crippen LogP contribution < -0.4 is 4.74 Å². The number of hydrogen-bond acceptors (Lipinski definition) is 4. The molecule has 0 spiro atoms. The number of aryl methyl sites for hydroxylation is 2. The maximum Gasteiger partial charge on any atom is 0.215 e. The molecule has 1 aliphatic heterocycles. The first-order chi connectivity index (χ1) is 10.8. The highest BCUT2D eigenvalue weighted by Crippen LogP contribution is 2.36. The van der Waals surface area contributed by atoms with Gasteiger partial charge in [0.05, 0.1) is 16.7 Å². The molecule has 0 amide bonds. The van der Waals surface area contributed by atoms with E-state index in [1.807, 2.05) is 17.7 Å². The van der Waals surface area contributed by atoms with Crippen LogP contribution in [0.15, 0.2) is 23.1 Å². The van der Waals surface area contributed by atoms with Crippen molar-refractivity contribution in [2.75, 3.05) is 6.26 Å². The normalized spacial score (nSPS) is 17.7. The first kappa shape index (κ1) is 16.1. The molecule has 1 aromatic heterocycles. The summed E-state index contributed by atoms with van der Waals surface area (Å²) in [5.74, 6) is 0.854. The maximum absolute atomic E-state index is 11.7. The second kappa shape index (κ2) is 5.67. The summed E-state index contributed by atoms with van der Waals surface area (Å²) in [5.41, 5.74) is 3.86. The van der Waals surface area contributed by atoms with Gasteiger partial charge in [-0.1, -0.05) is 13.0 Å². The first-order valence-corrected chi connectivity index (χ1v) is 9.77. The second-order valence-electron chi connectivity index (χ2n) is 6.18. The zero-order valence-corrected chi connectivity index (χ0v) is 14.8. The Morgan fingerprint density at radius 1 is 1.39 bits per heavy atom. The minimum Gasteiger partial charge on any atom is -0.475 e. The predicted molar refractivity (Wildman–Crippen MR) is 89.6 cm³/mol. The van der Waals surface area contributed by atoms with E-state index in [1.54, 1.807) is 12.1 Å². The van der Waals surface area contributed by atoms with Gasteiger partial charge in [0.15, 0.2) is 9.84 Å². The third-order valence-electron chi connectivity index (χ3n) is 4.29. The van der Waals surface area contributed by atoms with Gasteiger partial charge in [-0.15, -0.1) is 0 Å². The smallest absolute Gasteiger partial charge is 0.215 e. The molecule has 23 heavy (non-hydrogen) atoms. The minimum atomic E-state index is -3.20. The van der Waals surface area contributed by atoms with Crippen LogP contribution in [-0.2, 0) is 22.8 Å². The van der Waals surface area contributed by atoms with E-state index in [0.717, 1.165) is 47.7 Å². The molecule has 0 aliphatic carbocycles. The van der Waals surface area contributed by atoms with Crippen LogP contribution in [0.2, 0.25) is 0 Å². The molecular weight excluding hydrogens is 312 g/mol. The molecule has 1 atom stereocenters. The summed E-state index contributed by atoms with van der Waals surface area (Å²) < 4.78 is 31.3. The average Bonchev–Trinajstić information content (AvgIpc) is 2.83. The summed E-state index contributed by atoms with van der Waals surface area (Å²) in [4.78, 5) is 0.339. The number of hydrogen-bond donors (Lipinski definition) is 0. The molecule has 5 nitrogen and oxygen atoms in total. The summed E-state index contributed by atoms with van der Waals surface area (Å²) in [6.07, 6.45) is 3.20. The largest absolute Gasteiger partial charge is 0.475 e. The number of sulfone groups is 1. The zero-order valence-electron chi connectivity index (χ0n) is 14.0. The summed E-state index contributed by atoms with van der Waals surface area (Å²) in [6.45, 7) is 6.93. The van der Waals surface area contributed by atoms with Crippen LogP contribution in [0.1, 0.15) is 31.4 Å². The van der Waals surface area contributed by atoms with Crippen molar-refractivity contribution in [2.45, 2.75) is 51.2 Å². The molecule has 1 aromatic carbocycles. The SMILES string of the molecule is CCc1c(-c2ccc(S(C)(=O)=O)cc2C)nn2c1O[C@H](C)CC2. The number of aromatic nitrogens is 2. The lowest BCUT2D eigenvalue weighted by Gasteiger charge is -2.22. The predicted octanol–water partition coefficient (Wildman–Crippen LogP) is 3.00. The van der Waals surface area contributed by atoms with Gasteiger partial charge in [0, 0.05) is 30.3 Å². The Kier molecular flexibility index (Phi) is 3.96. The van der Waals surface area contributed by atoms with Crippen molar-refractivity contribution in [2.24, 2.45) is 0 Å². The molecule has 3 rings (SSSR count). The van der Waals surface area contributed by atoms with Gasteiger partial charge in [-0.05, 0) is 38.0 Å². The fourth-order valence-corrected chi connectivity index (χ4v) is 3.69. The van der Waals surface area contributed by atoms with E-state index in [-0.39, 0.29) is 6.10 Å². The monoisotopic (exact) mass is 334 g/mol. The quantitative estimate of drug-likeness (QED) is 0.866. The molecule has 2 heterocycles. The first-order valence-electron chi connectivity index (χ1n) is 7.88. The molecule has 1 aliphatic rings. The number of rotatable bonds is 3. The van der Waals surface area contributed by atoms with Crippen molar-refractivity contribution < 1.29 is 13.2 Å². The van der Waals surface area contributed by atoms with Crippen LogP contribution in [0.5, 0.6) is 5.88 Å². The zero-order chi connectivity index (χ0) is 16.8. The van der Waals surface area contributed by atoms with E-state index in [0.29, 0.717) is 4.90 Å². The second-order valence-corrected chi connectivity index (χ2v) is 8.19. The molecule has 0 fully saturated rings. The van der Waals surface area contributed by atoms with Crippen molar-refractivity contribution in [3.63, 3.8) is 0 Å². The highest BCUT2D eigenvalue weighted by Gasteiger charge is 2.25. The molecule has 0 radical (unpaired) electrons. The lowest BCUT2D eigenvalue weighted by atomic mass is 10.0. The van der Waals surface area contributed by atoms with Crippen LogP contribution in [0.3, 0.4) is 0 Å². The van der Waals surface area contributed by atoms with Crippen molar-refractivity contribution in [1.29, 1.82) is 0 Å². The topological polar surface area (TPSA) is 61.2 Å². The Balaban J connectivity index is 2.13. The van der Waals surface area contributed by atoms with Crippen LogP contribution in [0.4, 0.5) is 0 Å². The van der Waals surface area contributed by atoms with E-state index in [2.05, 4.69) is 13.8 Å². The number of ether oxygens (including phenoxy) is 1. The Hall–Kier alpha value is -1.82. The van der Waals surface area contributed by atoms with E-state index in [4.69, 9.17) is 9.84 Å². The van der Waals surface area contributed by atoms with Gasteiger partial charge in [0.25, 0.3) is 0 Å². The molecule has 0 saturated heterocycles. The highest BCUT2D eigenvalue weighted by atomic mass is 32.2. The number of fused-ring (bicyclic) bond motifs is 1. The van der Waals surface area contributed by atoms with Gasteiger partial charge < -0.3 is 4.74 Å². The Morgan fingerprint density at radius 3 is 2.74 bits per heavy atom. The van der Waals surface area contributed by atoms with Crippen LogP contribution in [0.25, 0.3) is 11.3 Å². The van der Waals surface area contributed by atoms with E-state index >= 15 is 0 Å². The highest BCUT2D eigenvalue weighted by molar-refractivity contribution is 7.90. The lowest BCUT2D eigenvalue weighted by molar-refractivity contribution is 0.147. The molecule has 124 valence electrons. The fourth-order valence-electron chi connectivity index (χ4n) is 2.99. The number of benzene rings is 1. The van der Waals surface area contributed by atoms with E-state index < -0.39 is 9.84 Å². The van der Waals surface area contributed by atoms with Gasteiger partial charge in [0.2, 0.25) is 5.88 Å². The molecule has 6 heteroatoms. The van der Waals surface area contributed by atoms with E-state index in [9.17, 15) is 8.42 Å². The molecule has 0 N–H and O–H groups in total. The van der Waals surface area contributed by atoms with Gasteiger partial charge in [-0.2, -0.15) is 5.10 Å². The maximum atomic E-state index is 11.7. The molecule has 0 bridgehead atoms. The Bertz CT molecular complexity index is 853. The van der Waals surface area contributed by atoms with Crippen molar-refractivity contribution in [3.8, 4) is 17.1 Å². The van der Waals surface area contributed by atoms with Crippen LogP contribution >= 0.6 is 0 Å².